The highest BCUT2D eigenvalue weighted by Crippen LogP contribution is 2.27. The van der Waals surface area contributed by atoms with Crippen molar-refractivity contribution in [2.75, 3.05) is 7.11 Å². The molecule has 2 rings (SSSR count). The first kappa shape index (κ1) is 18.0. The second-order valence-corrected chi connectivity index (χ2v) is 5.93. The van der Waals surface area contributed by atoms with Crippen LogP contribution in [0.3, 0.4) is 0 Å². The SMILES string of the molecule is COc1cc(CC[C@H](O)CC(=O)CCc2ccccc2)ccc1O. The predicted octanol–water partition coefficient (Wildman–Crippen LogP) is 3.29. The molecule has 0 aliphatic rings. The zero-order chi connectivity index (χ0) is 17.4. The fourth-order valence-corrected chi connectivity index (χ4v) is 2.61. The Hall–Kier alpha value is -2.33. The number of ether oxygens (including phenoxy) is 1. The number of methoxy groups -OCH3 is 1. The average Bonchev–Trinajstić information content (AvgIpc) is 2.60. The quantitative estimate of drug-likeness (QED) is 0.741. The van der Waals surface area contributed by atoms with Crippen molar-refractivity contribution in [3.63, 3.8) is 0 Å². The van der Waals surface area contributed by atoms with Crippen LogP contribution in [0, 0.1) is 0 Å². The number of ketones is 1. The van der Waals surface area contributed by atoms with Crippen LogP contribution in [0.15, 0.2) is 48.5 Å². The van der Waals surface area contributed by atoms with Gasteiger partial charge >= 0.3 is 0 Å². The largest absolute Gasteiger partial charge is 0.504 e. The number of aromatic hydroxyl groups is 1. The van der Waals surface area contributed by atoms with E-state index in [1.165, 1.54) is 7.11 Å². The number of carbonyl (C=O) groups excluding carboxylic acids is 1. The summed E-state index contributed by atoms with van der Waals surface area (Å²) in [4.78, 5) is 12.0. The van der Waals surface area contributed by atoms with E-state index in [1.807, 2.05) is 30.3 Å². The van der Waals surface area contributed by atoms with Crippen molar-refractivity contribution in [2.24, 2.45) is 0 Å². The van der Waals surface area contributed by atoms with Crippen LogP contribution in [0.4, 0.5) is 0 Å². The third-order valence-corrected chi connectivity index (χ3v) is 4.01. The van der Waals surface area contributed by atoms with Crippen molar-refractivity contribution in [1.29, 1.82) is 0 Å². The van der Waals surface area contributed by atoms with Crippen LogP contribution in [-0.2, 0) is 17.6 Å². The van der Waals surface area contributed by atoms with Crippen LogP contribution in [0.2, 0.25) is 0 Å². The molecule has 24 heavy (non-hydrogen) atoms. The minimum atomic E-state index is -0.645. The highest BCUT2D eigenvalue weighted by Gasteiger charge is 2.12. The van der Waals surface area contributed by atoms with Gasteiger partial charge in [0.25, 0.3) is 0 Å². The smallest absolute Gasteiger partial charge is 0.160 e. The van der Waals surface area contributed by atoms with Crippen LogP contribution >= 0.6 is 0 Å². The number of aryl methyl sites for hydroxylation is 2. The zero-order valence-corrected chi connectivity index (χ0v) is 13.9. The van der Waals surface area contributed by atoms with E-state index in [1.54, 1.807) is 18.2 Å². The third kappa shape index (κ3) is 5.70. The van der Waals surface area contributed by atoms with Crippen molar-refractivity contribution >= 4 is 5.78 Å². The summed E-state index contributed by atoms with van der Waals surface area (Å²) in [6, 6.07) is 15.0. The van der Waals surface area contributed by atoms with Crippen molar-refractivity contribution in [1.82, 2.24) is 0 Å². The number of rotatable bonds is 9. The highest BCUT2D eigenvalue weighted by molar-refractivity contribution is 5.79. The monoisotopic (exact) mass is 328 g/mol. The lowest BCUT2D eigenvalue weighted by Gasteiger charge is -2.11. The molecule has 2 aromatic rings. The summed E-state index contributed by atoms with van der Waals surface area (Å²) in [7, 11) is 1.50. The second-order valence-electron chi connectivity index (χ2n) is 5.93. The molecule has 4 nitrogen and oxygen atoms in total. The number of Topliss-reactive ketones (excluding diaryl/α,β-unsaturated/α-hetero) is 1. The van der Waals surface area contributed by atoms with Crippen molar-refractivity contribution in [3.8, 4) is 11.5 Å². The Morgan fingerprint density at radius 2 is 1.83 bits per heavy atom. The predicted molar refractivity (Wildman–Crippen MR) is 93.4 cm³/mol. The van der Waals surface area contributed by atoms with Gasteiger partial charge in [0.1, 0.15) is 5.78 Å². The molecule has 0 aliphatic carbocycles. The lowest BCUT2D eigenvalue weighted by atomic mass is 10.00. The molecule has 2 N–H and O–H groups in total. The molecule has 0 unspecified atom stereocenters. The first-order valence-corrected chi connectivity index (χ1v) is 8.18. The van der Waals surface area contributed by atoms with Gasteiger partial charge in [0.2, 0.25) is 0 Å². The molecule has 1 atom stereocenters. The number of aliphatic hydroxyl groups excluding tert-OH is 1. The first-order chi connectivity index (χ1) is 11.6. The van der Waals surface area contributed by atoms with Crippen LogP contribution in [0.25, 0.3) is 0 Å². The molecule has 0 bridgehead atoms. The minimum Gasteiger partial charge on any atom is -0.504 e. The van der Waals surface area contributed by atoms with Gasteiger partial charge in [0.15, 0.2) is 11.5 Å². The molecule has 0 amide bonds. The van der Waals surface area contributed by atoms with Gasteiger partial charge < -0.3 is 14.9 Å². The molecule has 0 heterocycles. The maximum Gasteiger partial charge on any atom is 0.160 e. The Bertz CT molecular complexity index is 652. The fourth-order valence-electron chi connectivity index (χ4n) is 2.61. The lowest BCUT2D eigenvalue weighted by Crippen LogP contribution is -2.14. The van der Waals surface area contributed by atoms with E-state index in [2.05, 4.69) is 0 Å². The summed E-state index contributed by atoms with van der Waals surface area (Å²) in [6.07, 6.45) is 1.83. The Kier molecular flexibility index (Phi) is 6.82. The molecule has 0 fully saturated rings. The Morgan fingerprint density at radius 1 is 1.08 bits per heavy atom. The first-order valence-electron chi connectivity index (χ1n) is 8.18. The molecular weight excluding hydrogens is 304 g/mol. The summed E-state index contributed by atoms with van der Waals surface area (Å²) < 4.78 is 5.06. The van der Waals surface area contributed by atoms with Crippen LogP contribution in [0.5, 0.6) is 11.5 Å². The van der Waals surface area contributed by atoms with Crippen molar-refractivity contribution in [3.05, 3.63) is 59.7 Å². The number of hydrogen-bond acceptors (Lipinski definition) is 4. The second kappa shape index (κ2) is 9.08. The molecule has 0 aromatic heterocycles. The van der Waals surface area contributed by atoms with Gasteiger partial charge in [-0.25, -0.2) is 0 Å². The molecule has 4 heteroatoms. The Morgan fingerprint density at radius 3 is 2.54 bits per heavy atom. The van der Waals surface area contributed by atoms with Crippen LogP contribution in [0.1, 0.15) is 30.4 Å². The van der Waals surface area contributed by atoms with E-state index < -0.39 is 6.10 Å². The molecule has 0 radical (unpaired) electrons. The standard InChI is InChI=1S/C20H24O4/c1-24-20-13-16(9-12-19(20)23)8-11-18(22)14-17(21)10-7-15-5-3-2-4-6-15/h2-6,9,12-13,18,22-23H,7-8,10-11,14H2,1H3/t18-/m0/s1. The van der Waals surface area contributed by atoms with Gasteiger partial charge in [-0.1, -0.05) is 36.4 Å². The minimum absolute atomic E-state index is 0.0784. The van der Waals surface area contributed by atoms with Gasteiger partial charge in [0, 0.05) is 12.8 Å². The number of aliphatic hydroxyl groups is 1. The number of phenolic OH excluding ortho intramolecular Hbond substituents is 1. The number of phenols is 1. The van der Waals surface area contributed by atoms with Gasteiger partial charge in [-0.3, -0.25) is 4.79 Å². The molecule has 0 saturated carbocycles. The van der Waals surface area contributed by atoms with E-state index >= 15 is 0 Å². The normalized spacial score (nSPS) is 11.9. The summed E-state index contributed by atoms with van der Waals surface area (Å²) in [5.41, 5.74) is 2.09. The zero-order valence-electron chi connectivity index (χ0n) is 13.9. The molecule has 0 spiro atoms. The van der Waals surface area contributed by atoms with E-state index in [0.29, 0.717) is 31.4 Å². The number of benzene rings is 2. The van der Waals surface area contributed by atoms with Crippen molar-refractivity contribution < 1.29 is 19.7 Å². The van der Waals surface area contributed by atoms with Crippen LogP contribution in [-0.4, -0.2) is 29.2 Å². The summed E-state index contributed by atoms with van der Waals surface area (Å²) in [5.74, 6) is 0.591. The van der Waals surface area contributed by atoms with E-state index in [0.717, 1.165) is 11.1 Å². The number of hydrogen-bond donors (Lipinski definition) is 2. The third-order valence-electron chi connectivity index (χ3n) is 4.01. The van der Waals surface area contributed by atoms with Crippen LogP contribution < -0.4 is 4.74 Å². The topological polar surface area (TPSA) is 66.8 Å². The molecule has 0 aliphatic heterocycles. The summed E-state index contributed by atoms with van der Waals surface area (Å²) in [6.45, 7) is 0. The van der Waals surface area contributed by atoms with E-state index in [-0.39, 0.29) is 18.0 Å². The Balaban J connectivity index is 1.74. The number of carbonyl (C=O) groups is 1. The van der Waals surface area contributed by atoms with E-state index in [4.69, 9.17) is 4.74 Å². The molecule has 0 saturated heterocycles. The molecular formula is C20H24O4. The average molecular weight is 328 g/mol. The van der Waals surface area contributed by atoms with Gasteiger partial charge in [-0.2, -0.15) is 0 Å². The molecule has 2 aromatic carbocycles. The van der Waals surface area contributed by atoms with Gasteiger partial charge in [-0.15, -0.1) is 0 Å². The van der Waals surface area contributed by atoms with Gasteiger partial charge in [-0.05, 0) is 42.5 Å². The summed E-state index contributed by atoms with van der Waals surface area (Å²) in [5, 5.41) is 19.6. The maximum atomic E-state index is 12.0. The summed E-state index contributed by atoms with van der Waals surface area (Å²) >= 11 is 0. The van der Waals surface area contributed by atoms with Gasteiger partial charge in [0.05, 0.1) is 13.2 Å². The molecule has 128 valence electrons. The van der Waals surface area contributed by atoms with Crippen molar-refractivity contribution in [2.45, 2.75) is 38.2 Å². The maximum absolute atomic E-state index is 12.0. The fraction of sp³-hybridized carbons (Fsp3) is 0.350. The Labute approximate surface area is 142 Å². The highest BCUT2D eigenvalue weighted by atomic mass is 16.5. The lowest BCUT2D eigenvalue weighted by molar-refractivity contribution is -0.120. The van der Waals surface area contributed by atoms with E-state index in [9.17, 15) is 15.0 Å².